The minimum Gasteiger partial charge on any atom is -0.361 e. The second-order valence-corrected chi connectivity index (χ2v) is 6.07. The predicted molar refractivity (Wildman–Crippen MR) is 84.2 cm³/mol. The number of nitrogens with zero attached hydrogens (tertiary/aromatic N) is 2. The standard InChI is InChI=1S/C18H24N2O/c1-4-17-18(14(3)19-21-17)16-6-5-11-20(16)12-15-9-7-13(2)8-10-15/h7-10,16H,4-6,11-12H2,1-3H3/t16-/m0/s1. The van der Waals surface area contributed by atoms with E-state index in [4.69, 9.17) is 4.52 Å². The third kappa shape index (κ3) is 2.88. The third-order valence-corrected chi connectivity index (χ3v) is 4.51. The van der Waals surface area contributed by atoms with Gasteiger partial charge < -0.3 is 4.52 Å². The lowest BCUT2D eigenvalue weighted by Gasteiger charge is -2.24. The summed E-state index contributed by atoms with van der Waals surface area (Å²) in [5, 5.41) is 4.18. The average molecular weight is 284 g/mol. The van der Waals surface area contributed by atoms with Crippen LogP contribution in [0.25, 0.3) is 0 Å². The molecule has 1 aromatic carbocycles. The van der Waals surface area contributed by atoms with E-state index in [0.29, 0.717) is 6.04 Å². The first kappa shape index (κ1) is 14.3. The van der Waals surface area contributed by atoms with Gasteiger partial charge in [-0.3, -0.25) is 4.90 Å². The first-order chi connectivity index (χ1) is 10.2. The van der Waals surface area contributed by atoms with E-state index < -0.39 is 0 Å². The average Bonchev–Trinajstić information content (AvgIpc) is 3.07. The van der Waals surface area contributed by atoms with Crippen LogP contribution in [-0.2, 0) is 13.0 Å². The van der Waals surface area contributed by atoms with Crippen molar-refractivity contribution in [3.63, 3.8) is 0 Å². The Balaban J connectivity index is 1.82. The maximum atomic E-state index is 5.49. The largest absolute Gasteiger partial charge is 0.361 e. The van der Waals surface area contributed by atoms with Crippen molar-refractivity contribution in [2.75, 3.05) is 6.54 Å². The van der Waals surface area contributed by atoms with Crippen LogP contribution in [0.4, 0.5) is 0 Å². The van der Waals surface area contributed by atoms with Gasteiger partial charge in [0.05, 0.1) is 5.69 Å². The van der Waals surface area contributed by atoms with E-state index in [1.807, 2.05) is 0 Å². The minimum absolute atomic E-state index is 0.465. The molecule has 0 aliphatic carbocycles. The Hall–Kier alpha value is -1.61. The number of benzene rings is 1. The van der Waals surface area contributed by atoms with Crippen LogP contribution in [0.3, 0.4) is 0 Å². The molecule has 0 spiro atoms. The molecule has 0 radical (unpaired) electrons. The van der Waals surface area contributed by atoms with Crippen LogP contribution in [-0.4, -0.2) is 16.6 Å². The number of rotatable bonds is 4. The van der Waals surface area contributed by atoms with Gasteiger partial charge in [-0.25, -0.2) is 0 Å². The van der Waals surface area contributed by atoms with Gasteiger partial charge in [0.25, 0.3) is 0 Å². The predicted octanol–water partition coefficient (Wildman–Crippen LogP) is 4.19. The molecule has 112 valence electrons. The molecule has 3 heteroatoms. The minimum atomic E-state index is 0.465. The summed E-state index contributed by atoms with van der Waals surface area (Å²) in [4.78, 5) is 2.57. The first-order valence-electron chi connectivity index (χ1n) is 7.93. The highest BCUT2D eigenvalue weighted by atomic mass is 16.5. The molecular formula is C18H24N2O. The van der Waals surface area contributed by atoms with Gasteiger partial charge in [-0.15, -0.1) is 0 Å². The van der Waals surface area contributed by atoms with Crippen molar-refractivity contribution >= 4 is 0 Å². The second-order valence-electron chi connectivity index (χ2n) is 6.07. The zero-order valence-electron chi connectivity index (χ0n) is 13.2. The van der Waals surface area contributed by atoms with Crippen molar-refractivity contribution in [1.82, 2.24) is 10.1 Å². The number of aryl methyl sites for hydroxylation is 3. The Morgan fingerprint density at radius 2 is 2.00 bits per heavy atom. The molecule has 1 fully saturated rings. The fraction of sp³-hybridized carbons (Fsp3) is 0.500. The zero-order valence-corrected chi connectivity index (χ0v) is 13.2. The zero-order chi connectivity index (χ0) is 14.8. The van der Waals surface area contributed by atoms with Crippen LogP contribution in [0.15, 0.2) is 28.8 Å². The molecule has 0 bridgehead atoms. The molecule has 2 aromatic rings. The van der Waals surface area contributed by atoms with E-state index >= 15 is 0 Å². The van der Waals surface area contributed by atoms with Gasteiger partial charge in [-0.2, -0.15) is 0 Å². The van der Waals surface area contributed by atoms with Gasteiger partial charge in [-0.05, 0) is 38.8 Å². The van der Waals surface area contributed by atoms with Crippen molar-refractivity contribution in [3.05, 3.63) is 52.4 Å². The quantitative estimate of drug-likeness (QED) is 0.843. The molecule has 1 saturated heterocycles. The molecule has 1 aliphatic rings. The molecular weight excluding hydrogens is 260 g/mol. The van der Waals surface area contributed by atoms with Crippen molar-refractivity contribution < 1.29 is 4.52 Å². The van der Waals surface area contributed by atoms with Crippen LogP contribution >= 0.6 is 0 Å². The van der Waals surface area contributed by atoms with E-state index in [2.05, 4.69) is 55.1 Å². The molecule has 0 unspecified atom stereocenters. The maximum Gasteiger partial charge on any atom is 0.141 e. The molecule has 1 atom stereocenters. The summed E-state index contributed by atoms with van der Waals surface area (Å²) in [6.07, 6.45) is 3.39. The van der Waals surface area contributed by atoms with Gasteiger partial charge in [-0.1, -0.05) is 41.9 Å². The number of likely N-dealkylation sites (tertiary alicyclic amines) is 1. The van der Waals surface area contributed by atoms with Crippen LogP contribution in [0, 0.1) is 13.8 Å². The van der Waals surface area contributed by atoms with E-state index in [-0.39, 0.29) is 0 Å². The molecule has 3 rings (SSSR count). The van der Waals surface area contributed by atoms with Crippen molar-refractivity contribution in [3.8, 4) is 0 Å². The third-order valence-electron chi connectivity index (χ3n) is 4.51. The van der Waals surface area contributed by atoms with Gasteiger partial charge in [0, 0.05) is 24.6 Å². The van der Waals surface area contributed by atoms with Crippen molar-refractivity contribution in [2.45, 2.75) is 52.6 Å². The lowest BCUT2D eigenvalue weighted by Crippen LogP contribution is -2.23. The molecule has 0 saturated carbocycles. The van der Waals surface area contributed by atoms with Gasteiger partial charge in [0.1, 0.15) is 5.76 Å². The van der Waals surface area contributed by atoms with E-state index in [1.165, 1.54) is 29.5 Å². The fourth-order valence-electron chi connectivity index (χ4n) is 3.38. The Kier molecular flexibility index (Phi) is 4.11. The monoisotopic (exact) mass is 284 g/mol. The SMILES string of the molecule is CCc1onc(C)c1[C@@H]1CCCN1Cc1ccc(C)cc1. The van der Waals surface area contributed by atoms with E-state index in [9.17, 15) is 0 Å². The smallest absolute Gasteiger partial charge is 0.141 e. The molecule has 1 aromatic heterocycles. The summed E-state index contributed by atoms with van der Waals surface area (Å²) >= 11 is 0. The van der Waals surface area contributed by atoms with Crippen molar-refractivity contribution in [2.24, 2.45) is 0 Å². The molecule has 2 heterocycles. The summed E-state index contributed by atoms with van der Waals surface area (Å²) < 4.78 is 5.49. The van der Waals surface area contributed by atoms with Gasteiger partial charge in [0.2, 0.25) is 0 Å². The Bertz CT molecular complexity index is 600. The van der Waals surface area contributed by atoms with Crippen LogP contribution in [0.2, 0.25) is 0 Å². The second kappa shape index (κ2) is 6.02. The number of aromatic nitrogens is 1. The summed E-state index contributed by atoms with van der Waals surface area (Å²) in [6, 6.07) is 9.34. The Labute approximate surface area is 126 Å². The highest BCUT2D eigenvalue weighted by Crippen LogP contribution is 2.36. The highest BCUT2D eigenvalue weighted by molar-refractivity contribution is 5.28. The molecule has 0 N–H and O–H groups in total. The van der Waals surface area contributed by atoms with E-state index in [0.717, 1.165) is 31.0 Å². The highest BCUT2D eigenvalue weighted by Gasteiger charge is 2.31. The molecule has 21 heavy (non-hydrogen) atoms. The van der Waals surface area contributed by atoms with E-state index in [1.54, 1.807) is 0 Å². The van der Waals surface area contributed by atoms with Gasteiger partial charge >= 0.3 is 0 Å². The lowest BCUT2D eigenvalue weighted by molar-refractivity contribution is 0.245. The van der Waals surface area contributed by atoms with Crippen molar-refractivity contribution in [1.29, 1.82) is 0 Å². The molecule has 3 nitrogen and oxygen atoms in total. The topological polar surface area (TPSA) is 29.3 Å². The van der Waals surface area contributed by atoms with Gasteiger partial charge in [0.15, 0.2) is 0 Å². The lowest BCUT2D eigenvalue weighted by atomic mass is 10.0. The number of hydrogen-bond donors (Lipinski definition) is 0. The fourth-order valence-corrected chi connectivity index (χ4v) is 3.38. The number of hydrogen-bond acceptors (Lipinski definition) is 3. The summed E-state index contributed by atoms with van der Waals surface area (Å²) in [6.45, 7) is 8.52. The molecule has 0 amide bonds. The normalized spacial score (nSPS) is 19.3. The summed E-state index contributed by atoms with van der Waals surface area (Å²) in [5.74, 6) is 1.06. The van der Waals surface area contributed by atoms with Crippen LogP contribution in [0.1, 0.15) is 54.0 Å². The summed E-state index contributed by atoms with van der Waals surface area (Å²) in [7, 11) is 0. The first-order valence-corrected chi connectivity index (χ1v) is 7.93. The maximum absolute atomic E-state index is 5.49. The van der Waals surface area contributed by atoms with Crippen LogP contribution < -0.4 is 0 Å². The molecule has 1 aliphatic heterocycles. The van der Waals surface area contributed by atoms with Crippen LogP contribution in [0.5, 0.6) is 0 Å². The Morgan fingerprint density at radius 1 is 1.24 bits per heavy atom. The summed E-state index contributed by atoms with van der Waals surface area (Å²) in [5.41, 5.74) is 5.11. The Morgan fingerprint density at radius 3 is 2.71 bits per heavy atom.